The van der Waals surface area contributed by atoms with Gasteiger partial charge in [0.15, 0.2) is 9.84 Å². The van der Waals surface area contributed by atoms with Crippen LogP contribution in [0.1, 0.15) is 31.1 Å². The topological polar surface area (TPSA) is 101 Å². The molecule has 3 amide bonds. The number of nitrogens with one attached hydrogen (secondary N) is 1. The SMILES string of the molecule is CN1C(=O)c2cccc(NC(=O)c3ccc(S(C)(=O)=O)cc3)c2C1=O. The number of fused-ring (bicyclic) bond motifs is 1. The Balaban J connectivity index is 1.91. The molecule has 1 heterocycles. The van der Waals surface area contributed by atoms with Crippen LogP contribution in [0.3, 0.4) is 0 Å². The predicted octanol–water partition coefficient (Wildman–Crippen LogP) is 1.57. The maximum atomic E-state index is 12.4. The Morgan fingerprint density at radius 3 is 2.24 bits per heavy atom. The minimum absolute atomic E-state index is 0.104. The second-order valence-corrected chi connectivity index (χ2v) is 7.66. The molecule has 0 aliphatic carbocycles. The Labute approximate surface area is 144 Å². The molecule has 0 fully saturated rings. The van der Waals surface area contributed by atoms with E-state index in [1.54, 1.807) is 6.07 Å². The number of anilines is 1. The molecule has 0 unspecified atom stereocenters. The molecule has 3 rings (SSSR count). The van der Waals surface area contributed by atoms with E-state index in [2.05, 4.69) is 5.32 Å². The van der Waals surface area contributed by atoms with Gasteiger partial charge in [-0.2, -0.15) is 0 Å². The molecule has 0 bridgehead atoms. The highest BCUT2D eigenvalue weighted by molar-refractivity contribution is 7.90. The number of nitrogens with zero attached hydrogens (tertiary/aromatic N) is 1. The van der Waals surface area contributed by atoms with Crippen molar-refractivity contribution in [3.8, 4) is 0 Å². The second kappa shape index (κ2) is 5.82. The summed E-state index contributed by atoms with van der Waals surface area (Å²) in [6.45, 7) is 0. The van der Waals surface area contributed by atoms with Crippen LogP contribution < -0.4 is 5.32 Å². The van der Waals surface area contributed by atoms with Crippen LogP contribution in [0.25, 0.3) is 0 Å². The maximum Gasteiger partial charge on any atom is 0.263 e. The summed E-state index contributed by atoms with van der Waals surface area (Å²) >= 11 is 0. The zero-order valence-corrected chi connectivity index (χ0v) is 14.3. The average Bonchev–Trinajstić information content (AvgIpc) is 2.79. The number of carbonyl (C=O) groups excluding carboxylic acids is 3. The first kappa shape index (κ1) is 16.8. The quantitative estimate of drug-likeness (QED) is 0.840. The van der Waals surface area contributed by atoms with Crippen molar-refractivity contribution >= 4 is 33.2 Å². The third kappa shape index (κ3) is 2.91. The molecule has 0 spiro atoms. The highest BCUT2D eigenvalue weighted by Crippen LogP contribution is 2.28. The van der Waals surface area contributed by atoms with Gasteiger partial charge in [0.1, 0.15) is 0 Å². The van der Waals surface area contributed by atoms with E-state index < -0.39 is 27.6 Å². The molecule has 0 saturated heterocycles. The first-order valence-corrected chi connectivity index (χ1v) is 9.16. The molecular formula is C17H14N2O5S. The van der Waals surface area contributed by atoms with E-state index in [4.69, 9.17) is 0 Å². The van der Waals surface area contributed by atoms with Gasteiger partial charge in [0.25, 0.3) is 17.7 Å². The van der Waals surface area contributed by atoms with E-state index in [-0.39, 0.29) is 27.3 Å². The summed E-state index contributed by atoms with van der Waals surface area (Å²) in [5.74, 6) is -1.42. The number of imide groups is 1. The normalized spacial score (nSPS) is 13.8. The fraction of sp³-hybridized carbons (Fsp3) is 0.118. The van der Waals surface area contributed by atoms with Crippen molar-refractivity contribution in [2.45, 2.75) is 4.90 Å². The van der Waals surface area contributed by atoms with Crippen LogP contribution in [0, 0.1) is 0 Å². The Bertz CT molecular complexity index is 1010. The largest absolute Gasteiger partial charge is 0.321 e. The fourth-order valence-corrected chi connectivity index (χ4v) is 3.18. The van der Waals surface area contributed by atoms with Crippen molar-refractivity contribution in [2.24, 2.45) is 0 Å². The monoisotopic (exact) mass is 358 g/mol. The summed E-state index contributed by atoms with van der Waals surface area (Å²) in [4.78, 5) is 37.6. The van der Waals surface area contributed by atoms with E-state index in [9.17, 15) is 22.8 Å². The van der Waals surface area contributed by atoms with Crippen molar-refractivity contribution in [3.05, 3.63) is 59.2 Å². The summed E-state index contributed by atoms with van der Waals surface area (Å²) in [7, 11) is -1.98. The average molecular weight is 358 g/mol. The van der Waals surface area contributed by atoms with E-state index in [0.29, 0.717) is 0 Å². The molecule has 1 aliphatic rings. The zero-order chi connectivity index (χ0) is 18.4. The Morgan fingerprint density at radius 2 is 1.64 bits per heavy atom. The molecule has 1 aliphatic heterocycles. The third-order valence-electron chi connectivity index (χ3n) is 3.91. The fourth-order valence-electron chi connectivity index (χ4n) is 2.55. The van der Waals surface area contributed by atoms with Crippen LogP contribution >= 0.6 is 0 Å². The van der Waals surface area contributed by atoms with Gasteiger partial charge >= 0.3 is 0 Å². The molecule has 2 aromatic carbocycles. The molecule has 128 valence electrons. The van der Waals surface area contributed by atoms with Crippen molar-refractivity contribution in [1.29, 1.82) is 0 Å². The molecule has 0 saturated carbocycles. The molecule has 0 radical (unpaired) electrons. The second-order valence-electron chi connectivity index (χ2n) is 5.65. The van der Waals surface area contributed by atoms with Gasteiger partial charge in [-0.05, 0) is 36.4 Å². The Morgan fingerprint density at radius 1 is 1.00 bits per heavy atom. The van der Waals surface area contributed by atoms with Gasteiger partial charge in [-0.1, -0.05) is 6.07 Å². The van der Waals surface area contributed by atoms with Crippen LogP contribution in [0.15, 0.2) is 47.4 Å². The lowest BCUT2D eigenvalue weighted by Gasteiger charge is -2.09. The van der Waals surface area contributed by atoms with Gasteiger partial charge in [0.2, 0.25) is 0 Å². The van der Waals surface area contributed by atoms with Crippen molar-refractivity contribution in [3.63, 3.8) is 0 Å². The van der Waals surface area contributed by atoms with E-state index in [1.807, 2.05) is 0 Å². The lowest BCUT2D eigenvalue weighted by atomic mass is 10.1. The summed E-state index contributed by atoms with van der Waals surface area (Å²) in [5, 5.41) is 2.60. The number of hydrogen-bond acceptors (Lipinski definition) is 5. The number of rotatable bonds is 3. The van der Waals surface area contributed by atoms with Crippen LogP contribution in [0.4, 0.5) is 5.69 Å². The van der Waals surface area contributed by atoms with Crippen molar-refractivity contribution in [2.75, 3.05) is 18.6 Å². The molecule has 8 heteroatoms. The lowest BCUT2D eigenvalue weighted by molar-refractivity contribution is 0.0693. The summed E-state index contributed by atoms with van der Waals surface area (Å²) < 4.78 is 22.9. The molecule has 1 N–H and O–H groups in total. The van der Waals surface area contributed by atoms with Gasteiger partial charge in [-0.15, -0.1) is 0 Å². The van der Waals surface area contributed by atoms with Crippen LogP contribution in [-0.4, -0.2) is 44.3 Å². The third-order valence-corrected chi connectivity index (χ3v) is 5.04. The van der Waals surface area contributed by atoms with Gasteiger partial charge in [0, 0.05) is 18.9 Å². The summed E-state index contributed by atoms with van der Waals surface area (Å²) in [6.07, 6.45) is 1.08. The van der Waals surface area contributed by atoms with Crippen molar-refractivity contribution in [1.82, 2.24) is 4.90 Å². The Hall–Kier alpha value is -3.00. The number of hydrogen-bond donors (Lipinski definition) is 1. The molecule has 25 heavy (non-hydrogen) atoms. The molecule has 0 aromatic heterocycles. The van der Waals surface area contributed by atoms with Crippen LogP contribution in [-0.2, 0) is 9.84 Å². The van der Waals surface area contributed by atoms with E-state index in [1.165, 1.54) is 43.4 Å². The van der Waals surface area contributed by atoms with Crippen molar-refractivity contribution < 1.29 is 22.8 Å². The lowest BCUT2D eigenvalue weighted by Crippen LogP contribution is -2.24. The number of carbonyl (C=O) groups is 3. The molecule has 7 nitrogen and oxygen atoms in total. The first-order valence-electron chi connectivity index (χ1n) is 7.27. The molecule has 0 atom stereocenters. The van der Waals surface area contributed by atoms with Gasteiger partial charge < -0.3 is 5.32 Å². The molecular weight excluding hydrogens is 344 g/mol. The zero-order valence-electron chi connectivity index (χ0n) is 13.4. The highest BCUT2D eigenvalue weighted by atomic mass is 32.2. The summed E-state index contributed by atoms with van der Waals surface area (Å²) in [5.41, 5.74) is 0.848. The van der Waals surface area contributed by atoms with Gasteiger partial charge in [-0.3, -0.25) is 19.3 Å². The van der Waals surface area contributed by atoms with Gasteiger partial charge in [0.05, 0.1) is 21.7 Å². The van der Waals surface area contributed by atoms with Gasteiger partial charge in [-0.25, -0.2) is 8.42 Å². The summed E-state index contributed by atoms with van der Waals surface area (Å²) in [6, 6.07) is 10.1. The van der Waals surface area contributed by atoms with Crippen LogP contribution in [0.2, 0.25) is 0 Å². The minimum Gasteiger partial charge on any atom is -0.321 e. The smallest absolute Gasteiger partial charge is 0.263 e. The molecule has 2 aromatic rings. The van der Waals surface area contributed by atoms with E-state index >= 15 is 0 Å². The minimum atomic E-state index is -3.35. The Kier molecular flexibility index (Phi) is 3.92. The number of benzene rings is 2. The first-order chi connectivity index (χ1) is 11.7. The standard InChI is InChI=1S/C17H14N2O5S/c1-19-16(21)12-4-3-5-13(14(12)17(19)22)18-15(20)10-6-8-11(9-7-10)25(2,23)24/h3-9H,1-2H3,(H,18,20). The number of sulfone groups is 1. The highest BCUT2D eigenvalue weighted by Gasteiger charge is 2.35. The maximum absolute atomic E-state index is 12.4. The number of amides is 3. The van der Waals surface area contributed by atoms with Crippen LogP contribution in [0.5, 0.6) is 0 Å². The predicted molar refractivity (Wildman–Crippen MR) is 90.4 cm³/mol. The van der Waals surface area contributed by atoms with E-state index in [0.717, 1.165) is 11.2 Å².